The number of halogens is 2. The Morgan fingerprint density at radius 3 is 2.62 bits per heavy atom. The van der Waals surface area contributed by atoms with E-state index in [9.17, 15) is 4.79 Å². The van der Waals surface area contributed by atoms with Crippen LogP contribution in [0.2, 0.25) is 0 Å². The van der Waals surface area contributed by atoms with Crippen LogP contribution in [-0.2, 0) is 4.79 Å². The number of carbonyl (C=O) groups excluding carboxylic acids is 1. The van der Waals surface area contributed by atoms with Crippen molar-refractivity contribution < 1.29 is 9.53 Å². The van der Waals surface area contributed by atoms with Crippen molar-refractivity contribution >= 4 is 49.7 Å². The summed E-state index contributed by atoms with van der Waals surface area (Å²) in [6.45, 7) is 2.12. The smallest absolute Gasteiger partial charge is 0.259 e. The quantitative estimate of drug-likeness (QED) is 0.510. The van der Waals surface area contributed by atoms with Crippen LogP contribution < -0.4 is 15.5 Å². The van der Waals surface area contributed by atoms with E-state index in [1.807, 2.05) is 43.3 Å². The van der Waals surface area contributed by atoms with Gasteiger partial charge in [-0.3, -0.25) is 4.79 Å². The maximum Gasteiger partial charge on any atom is 0.259 e. The molecule has 24 heavy (non-hydrogen) atoms. The van der Waals surface area contributed by atoms with E-state index in [0.29, 0.717) is 0 Å². The summed E-state index contributed by atoms with van der Waals surface area (Å²) < 4.78 is 7.07. The lowest BCUT2D eigenvalue weighted by Crippen LogP contribution is -2.25. The van der Waals surface area contributed by atoms with E-state index in [1.54, 1.807) is 13.3 Å². The largest absolute Gasteiger partial charge is 0.497 e. The van der Waals surface area contributed by atoms with Gasteiger partial charge in [-0.15, -0.1) is 0 Å². The van der Waals surface area contributed by atoms with Crippen LogP contribution in [0.4, 0.5) is 5.69 Å². The second-order valence-electron chi connectivity index (χ2n) is 4.99. The third-order valence-electron chi connectivity index (χ3n) is 3.23. The maximum absolute atomic E-state index is 11.8. The fraction of sp³-hybridized carbons (Fsp3) is 0.176. The normalized spacial score (nSPS) is 10.7. The first-order valence-corrected chi connectivity index (χ1v) is 8.73. The van der Waals surface area contributed by atoms with Crippen molar-refractivity contribution in [3.63, 3.8) is 0 Å². The molecule has 0 radical (unpaired) electrons. The second kappa shape index (κ2) is 8.84. The highest BCUT2D eigenvalue weighted by Gasteiger charge is 2.05. The number of hydrogen-bond donors (Lipinski definition) is 2. The number of nitrogens with one attached hydrogen (secondary N) is 2. The number of ether oxygens (including phenoxy) is 1. The van der Waals surface area contributed by atoms with Gasteiger partial charge in [-0.2, -0.15) is 5.10 Å². The predicted octanol–water partition coefficient (Wildman–Crippen LogP) is 4.09. The molecule has 0 heterocycles. The van der Waals surface area contributed by atoms with Crippen molar-refractivity contribution in [2.75, 3.05) is 19.0 Å². The molecule has 2 aromatic carbocycles. The summed E-state index contributed by atoms with van der Waals surface area (Å²) in [7, 11) is 1.60. The lowest BCUT2D eigenvalue weighted by atomic mass is 10.2. The summed E-state index contributed by atoms with van der Waals surface area (Å²) in [6.07, 6.45) is 1.57. The predicted molar refractivity (Wildman–Crippen MR) is 104 cm³/mol. The molecule has 2 aromatic rings. The van der Waals surface area contributed by atoms with Crippen molar-refractivity contribution in [1.29, 1.82) is 0 Å². The number of rotatable bonds is 6. The van der Waals surface area contributed by atoms with Crippen molar-refractivity contribution in [2.24, 2.45) is 5.10 Å². The molecule has 0 aliphatic rings. The Bertz CT molecular complexity index is 740. The average molecular weight is 455 g/mol. The summed E-state index contributed by atoms with van der Waals surface area (Å²) in [6, 6.07) is 11.3. The number of nitrogens with zero attached hydrogens (tertiary/aromatic N) is 1. The molecule has 0 fully saturated rings. The van der Waals surface area contributed by atoms with Gasteiger partial charge in [0.2, 0.25) is 0 Å². The zero-order valence-corrected chi connectivity index (χ0v) is 16.4. The fourth-order valence-electron chi connectivity index (χ4n) is 1.87. The van der Waals surface area contributed by atoms with Gasteiger partial charge in [0.25, 0.3) is 5.91 Å². The van der Waals surface area contributed by atoms with Gasteiger partial charge in [-0.25, -0.2) is 5.43 Å². The van der Waals surface area contributed by atoms with Gasteiger partial charge in [0.15, 0.2) is 0 Å². The first kappa shape index (κ1) is 18.5. The Hall–Kier alpha value is -1.86. The molecule has 126 valence electrons. The summed E-state index contributed by atoms with van der Waals surface area (Å²) >= 11 is 6.96. The van der Waals surface area contributed by atoms with Crippen LogP contribution in [0.15, 0.2) is 50.4 Å². The molecule has 2 rings (SSSR count). The third-order valence-corrected chi connectivity index (χ3v) is 4.88. The van der Waals surface area contributed by atoms with Gasteiger partial charge in [0.1, 0.15) is 5.75 Å². The molecule has 2 N–H and O–H groups in total. The molecule has 0 unspecified atom stereocenters. The molecular formula is C17H17Br2N3O2. The van der Waals surface area contributed by atoms with Crippen molar-refractivity contribution in [2.45, 2.75) is 6.92 Å². The maximum atomic E-state index is 11.8. The Balaban J connectivity index is 1.86. The number of methoxy groups -OCH3 is 1. The van der Waals surface area contributed by atoms with Gasteiger partial charge in [-0.1, -0.05) is 44.0 Å². The molecule has 0 atom stereocenters. The summed E-state index contributed by atoms with van der Waals surface area (Å²) in [5.41, 5.74) is 5.27. The van der Waals surface area contributed by atoms with Crippen LogP contribution in [0.3, 0.4) is 0 Å². The summed E-state index contributed by atoms with van der Waals surface area (Å²) in [4.78, 5) is 11.8. The minimum Gasteiger partial charge on any atom is -0.497 e. The monoisotopic (exact) mass is 453 g/mol. The highest BCUT2D eigenvalue weighted by atomic mass is 79.9. The van der Waals surface area contributed by atoms with Crippen LogP contribution in [0.1, 0.15) is 11.1 Å². The molecule has 0 aliphatic carbocycles. The first-order valence-electron chi connectivity index (χ1n) is 7.15. The zero-order valence-electron chi connectivity index (χ0n) is 13.3. The molecule has 0 bridgehead atoms. The fourth-order valence-corrected chi connectivity index (χ4v) is 3.06. The summed E-state index contributed by atoms with van der Waals surface area (Å²) in [5.74, 6) is 0.504. The Morgan fingerprint density at radius 1 is 1.25 bits per heavy atom. The first-order chi connectivity index (χ1) is 11.5. The van der Waals surface area contributed by atoms with Crippen molar-refractivity contribution in [1.82, 2.24) is 5.43 Å². The minimum atomic E-state index is -0.234. The number of anilines is 1. The van der Waals surface area contributed by atoms with Gasteiger partial charge in [0.05, 0.1) is 19.9 Å². The van der Waals surface area contributed by atoms with Crippen LogP contribution in [0, 0.1) is 6.92 Å². The van der Waals surface area contributed by atoms with Crippen molar-refractivity contribution in [3.8, 4) is 5.75 Å². The van der Waals surface area contributed by atoms with Crippen LogP contribution in [-0.4, -0.2) is 25.8 Å². The van der Waals surface area contributed by atoms with Gasteiger partial charge in [0, 0.05) is 14.6 Å². The van der Waals surface area contributed by atoms with Crippen LogP contribution >= 0.6 is 31.9 Å². The standard InChI is InChI=1S/C17H17Br2N3O2/c1-11-15(18)7-13(8-16(11)19)20-10-17(23)22-21-9-12-4-3-5-14(6-12)24-2/h3-9,20H,10H2,1-2H3,(H,22,23). The SMILES string of the molecule is COc1cccc(C=NNC(=O)CNc2cc(Br)c(C)c(Br)c2)c1. The molecular weight excluding hydrogens is 438 g/mol. The van der Waals surface area contributed by atoms with E-state index in [4.69, 9.17) is 4.74 Å². The van der Waals surface area contributed by atoms with Gasteiger partial charge in [-0.05, 0) is 42.3 Å². The number of hydrazone groups is 1. The topological polar surface area (TPSA) is 62.7 Å². The molecule has 0 spiro atoms. The van der Waals surface area contributed by atoms with E-state index in [2.05, 4.69) is 47.7 Å². The van der Waals surface area contributed by atoms with E-state index < -0.39 is 0 Å². The zero-order chi connectivity index (χ0) is 17.5. The minimum absolute atomic E-state index is 0.122. The van der Waals surface area contributed by atoms with Gasteiger partial charge < -0.3 is 10.1 Å². The number of hydrogen-bond acceptors (Lipinski definition) is 4. The Kier molecular flexibility index (Phi) is 6.81. The number of benzene rings is 2. The lowest BCUT2D eigenvalue weighted by Gasteiger charge is -2.09. The molecule has 0 aromatic heterocycles. The van der Waals surface area contributed by atoms with Crippen LogP contribution in [0.25, 0.3) is 0 Å². The van der Waals surface area contributed by atoms with Crippen LogP contribution in [0.5, 0.6) is 5.75 Å². The molecule has 1 amide bonds. The van der Waals surface area contributed by atoms with Gasteiger partial charge >= 0.3 is 0 Å². The molecule has 5 nitrogen and oxygen atoms in total. The molecule has 7 heteroatoms. The Labute approximate surface area is 157 Å². The molecule has 0 aliphatic heterocycles. The lowest BCUT2D eigenvalue weighted by molar-refractivity contribution is -0.119. The molecule has 0 saturated heterocycles. The number of amides is 1. The number of carbonyl (C=O) groups is 1. The highest BCUT2D eigenvalue weighted by molar-refractivity contribution is 9.11. The van der Waals surface area contributed by atoms with E-state index in [-0.39, 0.29) is 12.5 Å². The van der Waals surface area contributed by atoms with E-state index in [1.165, 1.54) is 0 Å². The second-order valence-corrected chi connectivity index (χ2v) is 6.70. The highest BCUT2D eigenvalue weighted by Crippen LogP contribution is 2.28. The summed E-state index contributed by atoms with van der Waals surface area (Å²) in [5, 5.41) is 6.99. The third kappa shape index (κ3) is 5.35. The van der Waals surface area contributed by atoms with E-state index >= 15 is 0 Å². The molecule has 0 saturated carbocycles. The van der Waals surface area contributed by atoms with E-state index in [0.717, 1.165) is 31.5 Å². The average Bonchev–Trinajstić information content (AvgIpc) is 2.58. The van der Waals surface area contributed by atoms with Crippen molar-refractivity contribution in [3.05, 3.63) is 56.5 Å². The Morgan fingerprint density at radius 2 is 1.96 bits per heavy atom.